The summed E-state index contributed by atoms with van der Waals surface area (Å²) in [6.07, 6.45) is 5.66. The van der Waals surface area contributed by atoms with Crippen molar-refractivity contribution in [3.63, 3.8) is 0 Å². The molecule has 0 spiro atoms. The molecular weight excluding hydrogens is 518 g/mol. The molecule has 226 valence electrons. The number of amides is 1. The molecule has 5 N–H and O–H groups in total. The molecule has 8 nitrogen and oxygen atoms in total. The second-order valence-corrected chi connectivity index (χ2v) is 16.3. The molecule has 4 fully saturated rings. The standard InChI is InChI=1S/C30H53NO7S/c1-7-19-22-14-18(32)12-13-29(22,5)23-15-24(33)30(6)20(9-10-21(30)26(23)27(19)35)17(2)8-11-25(34)31-28(3,4)16-39(36,37)38/h17-24,26-27,32-33,35H,7-16H2,1-6H3,(H,31,34)(H,36,37,38). The van der Waals surface area contributed by atoms with Crippen molar-refractivity contribution in [3.05, 3.63) is 0 Å². The van der Waals surface area contributed by atoms with Crippen LogP contribution in [0, 0.1) is 52.3 Å². The molecule has 4 rings (SSSR count). The molecule has 0 radical (unpaired) electrons. The van der Waals surface area contributed by atoms with Crippen LogP contribution in [0.3, 0.4) is 0 Å². The summed E-state index contributed by atoms with van der Waals surface area (Å²) in [5.41, 5.74) is -1.39. The molecule has 0 bridgehead atoms. The molecule has 4 aliphatic carbocycles. The van der Waals surface area contributed by atoms with Crippen molar-refractivity contribution in [2.45, 2.75) is 123 Å². The van der Waals surface area contributed by atoms with Gasteiger partial charge in [-0.1, -0.05) is 34.1 Å². The minimum Gasteiger partial charge on any atom is -0.393 e. The van der Waals surface area contributed by atoms with Crippen LogP contribution in [0.25, 0.3) is 0 Å². The Labute approximate surface area is 235 Å². The summed E-state index contributed by atoms with van der Waals surface area (Å²) < 4.78 is 31.8. The van der Waals surface area contributed by atoms with Gasteiger partial charge in [-0.25, -0.2) is 0 Å². The Morgan fingerprint density at radius 1 is 1.05 bits per heavy atom. The van der Waals surface area contributed by atoms with Crippen LogP contribution in [-0.4, -0.2) is 63.8 Å². The molecule has 1 amide bonds. The van der Waals surface area contributed by atoms with Gasteiger partial charge in [0, 0.05) is 6.42 Å². The van der Waals surface area contributed by atoms with Gasteiger partial charge in [0.15, 0.2) is 0 Å². The quantitative estimate of drug-likeness (QED) is 0.279. The van der Waals surface area contributed by atoms with E-state index in [4.69, 9.17) is 0 Å². The normalized spacial score (nSPS) is 45.1. The molecule has 0 aliphatic heterocycles. The first-order valence-electron chi connectivity index (χ1n) is 15.2. The number of rotatable bonds is 8. The number of hydrogen-bond donors (Lipinski definition) is 5. The van der Waals surface area contributed by atoms with Gasteiger partial charge in [-0.3, -0.25) is 9.35 Å². The molecule has 12 atom stereocenters. The van der Waals surface area contributed by atoms with Crippen molar-refractivity contribution in [3.8, 4) is 0 Å². The third-order valence-corrected chi connectivity index (χ3v) is 13.2. The van der Waals surface area contributed by atoms with Crippen LogP contribution in [0.1, 0.15) is 99.3 Å². The molecular formula is C30H53NO7S. The number of carbonyl (C=O) groups is 1. The Morgan fingerprint density at radius 3 is 2.33 bits per heavy atom. The van der Waals surface area contributed by atoms with Crippen molar-refractivity contribution in [1.29, 1.82) is 0 Å². The van der Waals surface area contributed by atoms with Gasteiger partial charge < -0.3 is 20.6 Å². The number of nitrogens with one attached hydrogen (secondary N) is 1. The fourth-order valence-corrected chi connectivity index (χ4v) is 11.4. The molecule has 0 aromatic heterocycles. The summed E-state index contributed by atoms with van der Waals surface area (Å²) in [5, 5.41) is 36.9. The Kier molecular flexibility index (Phi) is 8.66. The first-order valence-corrected chi connectivity index (χ1v) is 16.9. The van der Waals surface area contributed by atoms with Gasteiger partial charge in [-0.2, -0.15) is 8.42 Å². The molecule has 39 heavy (non-hydrogen) atoms. The third kappa shape index (κ3) is 5.69. The van der Waals surface area contributed by atoms with E-state index < -0.39 is 33.6 Å². The van der Waals surface area contributed by atoms with E-state index in [9.17, 15) is 33.1 Å². The summed E-state index contributed by atoms with van der Waals surface area (Å²) in [6.45, 7) is 12.1. The lowest BCUT2D eigenvalue weighted by molar-refractivity contribution is -0.228. The first kappa shape index (κ1) is 31.2. The highest BCUT2D eigenvalue weighted by molar-refractivity contribution is 7.85. The zero-order valence-corrected chi connectivity index (χ0v) is 25.6. The van der Waals surface area contributed by atoms with Gasteiger partial charge in [0.1, 0.15) is 0 Å². The third-order valence-electron chi connectivity index (χ3n) is 12.1. The lowest BCUT2D eigenvalue weighted by Crippen LogP contribution is -2.65. The lowest BCUT2D eigenvalue weighted by Gasteiger charge is -2.65. The van der Waals surface area contributed by atoms with Crippen molar-refractivity contribution in [2.75, 3.05) is 5.75 Å². The first-order chi connectivity index (χ1) is 17.9. The summed E-state index contributed by atoms with van der Waals surface area (Å²) >= 11 is 0. The van der Waals surface area contributed by atoms with Crippen molar-refractivity contribution in [2.24, 2.45) is 52.3 Å². The highest BCUT2D eigenvalue weighted by Gasteiger charge is 2.67. The zero-order chi connectivity index (χ0) is 29.1. The van der Waals surface area contributed by atoms with E-state index in [0.29, 0.717) is 12.8 Å². The van der Waals surface area contributed by atoms with Gasteiger partial charge in [0.2, 0.25) is 5.91 Å². The summed E-state index contributed by atoms with van der Waals surface area (Å²) in [4.78, 5) is 12.7. The Morgan fingerprint density at radius 2 is 1.72 bits per heavy atom. The number of aliphatic hydroxyl groups is 3. The molecule has 0 aromatic rings. The average molecular weight is 572 g/mol. The number of hydrogen-bond acceptors (Lipinski definition) is 6. The second-order valence-electron chi connectivity index (χ2n) is 14.9. The highest BCUT2D eigenvalue weighted by Crippen LogP contribution is 2.69. The molecule has 0 heterocycles. The van der Waals surface area contributed by atoms with Crippen LogP contribution in [0.2, 0.25) is 0 Å². The minimum atomic E-state index is -4.21. The molecule has 0 aromatic carbocycles. The van der Waals surface area contributed by atoms with Gasteiger partial charge in [-0.05, 0) is 111 Å². The Bertz CT molecular complexity index is 1020. The van der Waals surface area contributed by atoms with Gasteiger partial charge in [0.25, 0.3) is 10.1 Å². The Balaban J connectivity index is 1.49. The number of carbonyl (C=O) groups excluding carboxylic acids is 1. The fraction of sp³-hybridized carbons (Fsp3) is 0.967. The summed E-state index contributed by atoms with van der Waals surface area (Å²) in [7, 11) is -4.21. The van der Waals surface area contributed by atoms with Gasteiger partial charge >= 0.3 is 0 Å². The average Bonchev–Trinajstić information content (AvgIpc) is 3.16. The molecule has 4 aliphatic rings. The van der Waals surface area contributed by atoms with Crippen LogP contribution < -0.4 is 5.32 Å². The highest BCUT2D eigenvalue weighted by atomic mass is 32.2. The fourth-order valence-electron chi connectivity index (χ4n) is 10.4. The molecule has 4 saturated carbocycles. The topological polar surface area (TPSA) is 144 Å². The van der Waals surface area contributed by atoms with E-state index in [0.717, 1.165) is 38.5 Å². The van der Waals surface area contributed by atoms with Crippen LogP contribution in [-0.2, 0) is 14.9 Å². The predicted molar refractivity (Wildman–Crippen MR) is 150 cm³/mol. The monoisotopic (exact) mass is 571 g/mol. The van der Waals surface area contributed by atoms with E-state index >= 15 is 0 Å². The SMILES string of the molecule is CCC1C(O)C2C(CC(O)C3(C)C(C(C)CCC(=O)NC(C)(C)CS(=O)(=O)O)CCC23)C2(C)CCC(O)CC12. The van der Waals surface area contributed by atoms with E-state index in [1.54, 1.807) is 13.8 Å². The van der Waals surface area contributed by atoms with Gasteiger partial charge in [0.05, 0.1) is 29.6 Å². The van der Waals surface area contributed by atoms with Crippen LogP contribution in [0.4, 0.5) is 0 Å². The number of aliphatic hydroxyl groups excluding tert-OH is 3. The molecule has 9 heteroatoms. The van der Waals surface area contributed by atoms with E-state index in [2.05, 4.69) is 33.0 Å². The largest absolute Gasteiger partial charge is 0.393 e. The van der Waals surface area contributed by atoms with Crippen molar-refractivity contribution < 1.29 is 33.1 Å². The van der Waals surface area contributed by atoms with E-state index in [1.165, 1.54) is 0 Å². The smallest absolute Gasteiger partial charge is 0.267 e. The van der Waals surface area contributed by atoms with Crippen LogP contribution in [0.15, 0.2) is 0 Å². The summed E-state index contributed by atoms with van der Waals surface area (Å²) in [5.74, 6) is 0.656. The maximum atomic E-state index is 12.7. The number of fused-ring (bicyclic) bond motifs is 5. The summed E-state index contributed by atoms with van der Waals surface area (Å²) in [6, 6.07) is 0. The maximum Gasteiger partial charge on any atom is 0.267 e. The minimum absolute atomic E-state index is 0.0166. The van der Waals surface area contributed by atoms with Gasteiger partial charge in [-0.15, -0.1) is 0 Å². The molecule has 0 saturated heterocycles. The van der Waals surface area contributed by atoms with E-state index in [-0.39, 0.29) is 70.7 Å². The van der Waals surface area contributed by atoms with E-state index in [1.807, 2.05) is 0 Å². The maximum absolute atomic E-state index is 12.7. The van der Waals surface area contributed by atoms with Crippen molar-refractivity contribution >= 4 is 16.0 Å². The lowest BCUT2D eigenvalue weighted by atomic mass is 9.41. The van der Waals surface area contributed by atoms with Crippen LogP contribution in [0.5, 0.6) is 0 Å². The Hall–Kier alpha value is -0.740. The predicted octanol–water partition coefficient (Wildman–Crippen LogP) is 3.78. The zero-order valence-electron chi connectivity index (χ0n) is 24.8. The second kappa shape index (κ2) is 10.8. The molecule has 12 unspecified atom stereocenters. The van der Waals surface area contributed by atoms with Crippen LogP contribution >= 0.6 is 0 Å². The van der Waals surface area contributed by atoms with Crippen molar-refractivity contribution in [1.82, 2.24) is 5.32 Å².